The summed E-state index contributed by atoms with van der Waals surface area (Å²) in [7, 11) is 0. The second-order valence-corrected chi connectivity index (χ2v) is 5.31. The summed E-state index contributed by atoms with van der Waals surface area (Å²) in [5.74, 6) is -2.69. The number of carbonyl (C=O) groups is 3. The van der Waals surface area contributed by atoms with Crippen LogP contribution in [0.1, 0.15) is 34.1 Å². The van der Waals surface area contributed by atoms with Gasteiger partial charge >= 0.3 is 17.9 Å². The predicted octanol–water partition coefficient (Wildman–Crippen LogP) is 1.84. The Labute approximate surface area is 127 Å². The summed E-state index contributed by atoms with van der Waals surface area (Å²) in [6.07, 6.45) is -0.100. The highest BCUT2D eigenvalue weighted by molar-refractivity contribution is 9.10. The van der Waals surface area contributed by atoms with Gasteiger partial charge in [0.2, 0.25) is 4.32 Å². The van der Waals surface area contributed by atoms with Crippen LogP contribution in [0, 0.1) is 5.92 Å². The Morgan fingerprint density at radius 3 is 1.70 bits per heavy atom. The van der Waals surface area contributed by atoms with Crippen molar-refractivity contribution in [2.75, 3.05) is 19.8 Å². The van der Waals surface area contributed by atoms with Gasteiger partial charge < -0.3 is 14.2 Å². The molecule has 0 heterocycles. The molecule has 0 aliphatic rings. The van der Waals surface area contributed by atoms with E-state index in [1.165, 1.54) is 0 Å². The first-order chi connectivity index (χ1) is 9.34. The van der Waals surface area contributed by atoms with Gasteiger partial charge in [0.1, 0.15) is 0 Å². The number of esters is 3. The molecule has 6 nitrogen and oxygen atoms in total. The van der Waals surface area contributed by atoms with Crippen LogP contribution in [-0.2, 0) is 28.6 Å². The predicted molar refractivity (Wildman–Crippen MR) is 75.3 cm³/mol. The molecule has 0 bridgehead atoms. The fraction of sp³-hybridized carbons (Fsp3) is 0.769. The summed E-state index contributed by atoms with van der Waals surface area (Å²) in [6.45, 7) is 7.01. The molecule has 0 radical (unpaired) electrons. The summed E-state index contributed by atoms with van der Waals surface area (Å²) in [5, 5.41) is 0. The first-order valence-corrected chi connectivity index (χ1v) is 7.32. The van der Waals surface area contributed by atoms with E-state index in [-0.39, 0.29) is 26.2 Å². The fourth-order valence-electron chi connectivity index (χ4n) is 1.57. The highest BCUT2D eigenvalue weighted by Gasteiger charge is 2.51. The molecule has 7 heteroatoms. The minimum atomic E-state index is -1.70. The Kier molecular flexibility index (Phi) is 8.45. The van der Waals surface area contributed by atoms with E-state index in [2.05, 4.69) is 15.9 Å². The molecule has 0 N–H and O–H groups in total. The van der Waals surface area contributed by atoms with Crippen LogP contribution in [0.2, 0.25) is 0 Å². The summed E-state index contributed by atoms with van der Waals surface area (Å²) in [5.41, 5.74) is 0. The standard InChI is InChI=1S/C13H21BrO6/c1-5-18-10(15)8-9(4)13(14,11(16)19-6-2)12(17)20-7-3/h9H,5-8H2,1-4H3/t9-/m1/s1. The van der Waals surface area contributed by atoms with Gasteiger partial charge in [-0.1, -0.05) is 22.9 Å². The Morgan fingerprint density at radius 1 is 0.950 bits per heavy atom. The van der Waals surface area contributed by atoms with Gasteiger partial charge in [0.25, 0.3) is 0 Å². The molecule has 0 aliphatic carbocycles. The summed E-state index contributed by atoms with van der Waals surface area (Å²) in [6, 6.07) is 0. The van der Waals surface area contributed by atoms with E-state index in [0.29, 0.717) is 0 Å². The second kappa shape index (κ2) is 8.94. The fourth-order valence-corrected chi connectivity index (χ4v) is 1.96. The summed E-state index contributed by atoms with van der Waals surface area (Å²) < 4.78 is 12.9. The van der Waals surface area contributed by atoms with Crippen molar-refractivity contribution >= 4 is 33.8 Å². The summed E-state index contributed by atoms with van der Waals surface area (Å²) >= 11 is 3.11. The van der Waals surface area contributed by atoms with E-state index in [4.69, 9.17) is 14.2 Å². The SMILES string of the molecule is CCOC(=O)C[C@@H](C)C(Br)(C(=O)OCC)C(=O)OCC. The zero-order valence-electron chi connectivity index (χ0n) is 12.2. The zero-order valence-corrected chi connectivity index (χ0v) is 13.8. The van der Waals surface area contributed by atoms with Crippen molar-refractivity contribution in [2.45, 2.75) is 38.4 Å². The Bertz CT molecular complexity index is 337. The van der Waals surface area contributed by atoms with Crippen LogP contribution in [-0.4, -0.2) is 42.1 Å². The van der Waals surface area contributed by atoms with Crippen molar-refractivity contribution in [3.8, 4) is 0 Å². The van der Waals surface area contributed by atoms with Crippen molar-refractivity contribution < 1.29 is 28.6 Å². The molecule has 1 atom stereocenters. The number of rotatable bonds is 8. The molecule has 20 heavy (non-hydrogen) atoms. The Hall–Kier alpha value is -1.11. The van der Waals surface area contributed by atoms with Crippen LogP contribution in [0.4, 0.5) is 0 Å². The van der Waals surface area contributed by atoms with Crippen molar-refractivity contribution in [2.24, 2.45) is 5.92 Å². The van der Waals surface area contributed by atoms with Gasteiger partial charge in [-0.3, -0.25) is 4.79 Å². The molecule has 0 saturated heterocycles. The van der Waals surface area contributed by atoms with Crippen LogP contribution < -0.4 is 0 Å². The lowest BCUT2D eigenvalue weighted by molar-refractivity contribution is -0.161. The van der Waals surface area contributed by atoms with E-state index < -0.39 is 28.2 Å². The first-order valence-electron chi connectivity index (χ1n) is 6.53. The highest BCUT2D eigenvalue weighted by Crippen LogP contribution is 2.33. The summed E-state index contributed by atoms with van der Waals surface area (Å²) in [4.78, 5) is 35.6. The molecular weight excluding hydrogens is 332 g/mol. The lowest BCUT2D eigenvalue weighted by Crippen LogP contribution is -2.49. The lowest BCUT2D eigenvalue weighted by atomic mass is 9.91. The molecule has 0 fully saturated rings. The monoisotopic (exact) mass is 352 g/mol. The topological polar surface area (TPSA) is 78.9 Å². The van der Waals surface area contributed by atoms with E-state index in [9.17, 15) is 14.4 Å². The molecule has 0 aromatic heterocycles. The maximum Gasteiger partial charge on any atom is 0.334 e. The van der Waals surface area contributed by atoms with Crippen molar-refractivity contribution in [3.05, 3.63) is 0 Å². The average Bonchev–Trinajstić information content (AvgIpc) is 2.38. The quantitative estimate of drug-likeness (QED) is 0.287. The maximum atomic E-state index is 12.0. The lowest BCUT2D eigenvalue weighted by Gasteiger charge is -2.28. The van der Waals surface area contributed by atoms with Gasteiger partial charge in [0.05, 0.1) is 26.2 Å². The minimum absolute atomic E-state index is 0.100. The number of halogens is 1. The normalized spacial score (nSPS) is 12.4. The number of ether oxygens (including phenoxy) is 3. The van der Waals surface area contributed by atoms with Crippen LogP contribution >= 0.6 is 15.9 Å². The van der Waals surface area contributed by atoms with Crippen LogP contribution in [0.25, 0.3) is 0 Å². The number of hydrogen-bond acceptors (Lipinski definition) is 6. The molecule has 0 aliphatic heterocycles. The average molecular weight is 353 g/mol. The van der Waals surface area contributed by atoms with Gasteiger partial charge in [-0.05, 0) is 20.8 Å². The molecule has 116 valence electrons. The van der Waals surface area contributed by atoms with Crippen LogP contribution in [0.3, 0.4) is 0 Å². The number of alkyl halides is 1. The first kappa shape index (κ1) is 18.9. The third-order valence-electron chi connectivity index (χ3n) is 2.60. The van der Waals surface area contributed by atoms with E-state index >= 15 is 0 Å². The molecule has 0 aromatic rings. The van der Waals surface area contributed by atoms with Gasteiger partial charge in [0.15, 0.2) is 0 Å². The molecule has 0 aromatic carbocycles. The van der Waals surface area contributed by atoms with E-state index in [0.717, 1.165) is 0 Å². The number of carbonyl (C=O) groups excluding carboxylic acids is 3. The highest BCUT2D eigenvalue weighted by atomic mass is 79.9. The third-order valence-corrected chi connectivity index (χ3v) is 4.03. The maximum absolute atomic E-state index is 12.0. The zero-order chi connectivity index (χ0) is 15.8. The van der Waals surface area contributed by atoms with Crippen molar-refractivity contribution in [1.29, 1.82) is 0 Å². The molecule has 0 saturated carbocycles. The Morgan fingerprint density at radius 2 is 1.35 bits per heavy atom. The molecule has 0 unspecified atom stereocenters. The molecular formula is C13H21BrO6. The molecule has 0 amide bonds. The Balaban J connectivity index is 5.14. The minimum Gasteiger partial charge on any atom is -0.466 e. The van der Waals surface area contributed by atoms with Crippen molar-refractivity contribution in [3.63, 3.8) is 0 Å². The second-order valence-electron chi connectivity index (χ2n) is 4.06. The van der Waals surface area contributed by atoms with Gasteiger partial charge in [0, 0.05) is 5.92 Å². The van der Waals surface area contributed by atoms with E-state index in [1.807, 2.05) is 0 Å². The van der Waals surface area contributed by atoms with Crippen molar-refractivity contribution in [1.82, 2.24) is 0 Å². The smallest absolute Gasteiger partial charge is 0.334 e. The molecule has 0 spiro atoms. The largest absolute Gasteiger partial charge is 0.466 e. The van der Waals surface area contributed by atoms with Gasteiger partial charge in [-0.2, -0.15) is 0 Å². The van der Waals surface area contributed by atoms with E-state index in [1.54, 1.807) is 27.7 Å². The molecule has 0 rings (SSSR count). The third kappa shape index (κ3) is 4.77. The number of hydrogen-bond donors (Lipinski definition) is 0. The van der Waals surface area contributed by atoms with Gasteiger partial charge in [-0.15, -0.1) is 0 Å². The van der Waals surface area contributed by atoms with Crippen LogP contribution in [0.5, 0.6) is 0 Å². The van der Waals surface area contributed by atoms with Gasteiger partial charge in [-0.25, -0.2) is 9.59 Å². The van der Waals surface area contributed by atoms with Crippen LogP contribution in [0.15, 0.2) is 0 Å².